The van der Waals surface area contributed by atoms with E-state index in [1.807, 2.05) is 0 Å². The zero-order valence-corrected chi connectivity index (χ0v) is 40.6. The van der Waals surface area contributed by atoms with Crippen LogP contribution in [0.5, 0.6) is 0 Å². The van der Waals surface area contributed by atoms with Crippen molar-refractivity contribution in [1.29, 1.82) is 0 Å². The van der Waals surface area contributed by atoms with E-state index in [-0.39, 0.29) is 31.1 Å². The molecule has 0 amide bonds. The lowest BCUT2D eigenvalue weighted by Gasteiger charge is -2.18. The molecule has 0 radical (unpaired) electrons. The molecule has 0 saturated heterocycles. The molecule has 0 aromatic heterocycles. The Balaban J connectivity index is 4.45. The third kappa shape index (κ3) is 47.9. The van der Waals surface area contributed by atoms with Crippen molar-refractivity contribution in [2.45, 2.75) is 252 Å². The number of hydrogen-bond donors (Lipinski definition) is 0. The van der Waals surface area contributed by atoms with E-state index in [2.05, 4.69) is 93.7 Å². The summed E-state index contributed by atoms with van der Waals surface area (Å²) in [5, 5.41) is 0. The van der Waals surface area contributed by atoms with Crippen LogP contribution in [0.15, 0.2) is 72.9 Å². The van der Waals surface area contributed by atoms with Crippen LogP contribution in [0.2, 0.25) is 0 Å². The van der Waals surface area contributed by atoms with Crippen molar-refractivity contribution in [1.82, 2.24) is 0 Å². The third-order valence-corrected chi connectivity index (χ3v) is 10.9. The molecule has 0 aromatic rings. The van der Waals surface area contributed by atoms with E-state index in [1.54, 1.807) is 0 Å². The van der Waals surface area contributed by atoms with Crippen molar-refractivity contribution >= 4 is 17.9 Å². The second-order valence-corrected chi connectivity index (χ2v) is 17.1. The maximum absolute atomic E-state index is 12.8. The lowest BCUT2D eigenvalue weighted by molar-refractivity contribution is -0.167. The molecule has 0 fully saturated rings. The van der Waals surface area contributed by atoms with Crippen LogP contribution in [0.25, 0.3) is 0 Å². The summed E-state index contributed by atoms with van der Waals surface area (Å²) >= 11 is 0. The minimum absolute atomic E-state index is 0.0931. The van der Waals surface area contributed by atoms with E-state index < -0.39 is 6.10 Å². The lowest BCUT2D eigenvalue weighted by Crippen LogP contribution is -2.30. The van der Waals surface area contributed by atoms with Gasteiger partial charge in [-0.05, 0) is 109 Å². The van der Waals surface area contributed by atoms with Crippen LogP contribution >= 0.6 is 0 Å². The Hall–Kier alpha value is -3.15. The fraction of sp³-hybridized carbons (Fsp3) is 0.732. The van der Waals surface area contributed by atoms with E-state index in [1.165, 1.54) is 89.9 Å². The van der Waals surface area contributed by atoms with E-state index in [0.717, 1.165) is 116 Å². The standard InChI is InChI=1S/C56H96O6/c1-4-7-10-13-16-19-22-25-27-28-29-32-34-37-40-43-46-49-55(58)61-52-53(51-60-54(57)48-45-42-39-36-33-30-24-21-18-15-12-9-6-3)62-56(59)50-47-44-41-38-35-31-26-23-20-17-14-11-8-5-2/h14,16-17,19,21,23-27,29,32,53H,4-13,15,18,20,22,28,30-31,33-52H2,1-3H3/b17-14+,19-16+,24-21+,26-23+,27-25+,32-29+/t53-/m1/s1. The van der Waals surface area contributed by atoms with Crippen molar-refractivity contribution in [3.05, 3.63) is 72.9 Å². The molecular formula is C56H96O6. The van der Waals surface area contributed by atoms with E-state index in [0.29, 0.717) is 19.3 Å². The van der Waals surface area contributed by atoms with E-state index in [4.69, 9.17) is 14.2 Å². The van der Waals surface area contributed by atoms with E-state index in [9.17, 15) is 14.4 Å². The SMILES string of the molecule is CCCC/C=C/C/C=C/CCCCCCCC(=O)O[C@@H](COC(=O)CCCCCC/C=C/C/C=C/C/C=C/CCCCC)COC(=O)CCCCCCC/C=C/CCCCCC. The molecule has 0 heterocycles. The zero-order chi connectivity index (χ0) is 45.1. The predicted molar refractivity (Wildman–Crippen MR) is 265 cm³/mol. The number of allylic oxidation sites excluding steroid dienone is 12. The molecule has 0 N–H and O–H groups in total. The molecule has 6 heteroatoms. The van der Waals surface area contributed by atoms with Crippen molar-refractivity contribution < 1.29 is 28.6 Å². The molecule has 0 aliphatic carbocycles. The Morgan fingerprint density at radius 1 is 0.323 bits per heavy atom. The Labute approximate surface area is 382 Å². The normalized spacial score (nSPS) is 12.6. The van der Waals surface area contributed by atoms with Crippen LogP contribution in [0, 0.1) is 0 Å². The van der Waals surface area contributed by atoms with Gasteiger partial charge >= 0.3 is 17.9 Å². The van der Waals surface area contributed by atoms with Gasteiger partial charge in [0.1, 0.15) is 13.2 Å². The number of ether oxygens (including phenoxy) is 3. The second kappa shape index (κ2) is 50.5. The molecule has 0 aromatic carbocycles. The average molecular weight is 865 g/mol. The van der Waals surface area contributed by atoms with Gasteiger partial charge in [0.15, 0.2) is 6.10 Å². The summed E-state index contributed by atoms with van der Waals surface area (Å²) in [6, 6.07) is 0. The average Bonchev–Trinajstić information content (AvgIpc) is 3.27. The topological polar surface area (TPSA) is 78.9 Å². The number of carbonyl (C=O) groups is 3. The molecule has 0 rings (SSSR count). The van der Waals surface area contributed by atoms with Crippen LogP contribution in [-0.4, -0.2) is 37.2 Å². The van der Waals surface area contributed by atoms with Crippen molar-refractivity contribution in [2.75, 3.05) is 13.2 Å². The first-order valence-electron chi connectivity index (χ1n) is 25.9. The van der Waals surface area contributed by atoms with Crippen molar-refractivity contribution in [3.63, 3.8) is 0 Å². The summed E-state index contributed by atoms with van der Waals surface area (Å²) in [5.41, 5.74) is 0. The molecule has 0 saturated carbocycles. The molecule has 1 atom stereocenters. The minimum atomic E-state index is -0.794. The molecule has 6 nitrogen and oxygen atoms in total. The van der Waals surface area contributed by atoms with Gasteiger partial charge in [0.25, 0.3) is 0 Å². The van der Waals surface area contributed by atoms with Gasteiger partial charge in [-0.1, -0.05) is 190 Å². The highest BCUT2D eigenvalue weighted by Gasteiger charge is 2.19. The Bertz CT molecular complexity index is 1180. The first kappa shape index (κ1) is 58.9. The van der Waals surface area contributed by atoms with Crippen molar-refractivity contribution in [2.24, 2.45) is 0 Å². The highest BCUT2D eigenvalue weighted by Crippen LogP contribution is 2.13. The smallest absolute Gasteiger partial charge is 0.306 e. The monoisotopic (exact) mass is 865 g/mol. The molecule has 0 unspecified atom stereocenters. The van der Waals surface area contributed by atoms with Gasteiger partial charge in [-0.2, -0.15) is 0 Å². The molecular weight excluding hydrogens is 769 g/mol. The van der Waals surface area contributed by atoms with Gasteiger partial charge in [0, 0.05) is 19.3 Å². The first-order chi connectivity index (χ1) is 30.5. The van der Waals surface area contributed by atoms with Crippen LogP contribution in [0.1, 0.15) is 245 Å². The fourth-order valence-electron chi connectivity index (χ4n) is 6.93. The maximum atomic E-state index is 12.8. The maximum Gasteiger partial charge on any atom is 0.306 e. The molecule has 356 valence electrons. The third-order valence-electron chi connectivity index (χ3n) is 10.9. The van der Waals surface area contributed by atoms with Crippen LogP contribution < -0.4 is 0 Å². The summed E-state index contributed by atoms with van der Waals surface area (Å²) in [7, 11) is 0. The highest BCUT2D eigenvalue weighted by atomic mass is 16.6. The van der Waals surface area contributed by atoms with Crippen LogP contribution in [0.3, 0.4) is 0 Å². The highest BCUT2D eigenvalue weighted by molar-refractivity contribution is 5.71. The van der Waals surface area contributed by atoms with E-state index >= 15 is 0 Å². The van der Waals surface area contributed by atoms with Gasteiger partial charge in [0.05, 0.1) is 0 Å². The largest absolute Gasteiger partial charge is 0.462 e. The van der Waals surface area contributed by atoms with Crippen molar-refractivity contribution in [3.8, 4) is 0 Å². The molecule has 0 bridgehead atoms. The summed E-state index contributed by atoms with van der Waals surface area (Å²) in [5.74, 6) is -0.937. The zero-order valence-electron chi connectivity index (χ0n) is 40.6. The number of carbonyl (C=O) groups excluding carboxylic acids is 3. The van der Waals surface area contributed by atoms with Gasteiger partial charge in [-0.3, -0.25) is 14.4 Å². The van der Waals surface area contributed by atoms with Gasteiger partial charge in [0.2, 0.25) is 0 Å². The molecule has 0 aliphatic heterocycles. The summed E-state index contributed by atoms with van der Waals surface area (Å²) in [6.07, 6.45) is 63.0. The Morgan fingerprint density at radius 2 is 0.597 bits per heavy atom. The molecule has 0 aliphatic rings. The quantitative estimate of drug-likeness (QED) is 0.0262. The second-order valence-electron chi connectivity index (χ2n) is 17.1. The predicted octanol–water partition coefficient (Wildman–Crippen LogP) is 17.0. The van der Waals surface area contributed by atoms with Crippen LogP contribution in [0.4, 0.5) is 0 Å². The number of rotatable bonds is 46. The minimum Gasteiger partial charge on any atom is -0.462 e. The Kier molecular flexibility index (Phi) is 47.9. The number of esters is 3. The summed E-state index contributed by atoms with van der Waals surface area (Å²) < 4.78 is 16.8. The fourth-order valence-corrected chi connectivity index (χ4v) is 6.93. The van der Waals surface area contributed by atoms with Gasteiger partial charge in [-0.15, -0.1) is 0 Å². The summed E-state index contributed by atoms with van der Waals surface area (Å²) in [6.45, 7) is 6.51. The first-order valence-corrected chi connectivity index (χ1v) is 25.9. The lowest BCUT2D eigenvalue weighted by atomic mass is 10.1. The number of hydrogen-bond acceptors (Lipinski definition) is 6. The molecule has 0 spiro atoms. The molecule has 62 heavy (non-hydrogen) atoms. The number of unbranched alkanes of at least 4 members (excludes halogenated alkanes) is 23. The summed E-state index contributed by atoms with van der Waals surface area (Å²) in [4.78, 5) is 38.0. The Morgan fingerprint density at radius 3 is 1.00 bits per heavy atom. The van der Waals surface area contributed by atoms with Crippen LogP contribution in [-0.2, 0) is 28.6 Å². The van der Waals surface area contributed by atoms with Gasteiger partial charge in [-0.25, -0.2) is 0 Å². The van der Waals surface area contributed by atoms with Gasteiger partial charge < -0.3 is 14.2 Å².